The largest absolute Gasteiger partial charge is 0.775 e. The Hall–Kier alpha value is -0.470. The van der Waals surface area contributed by atoms with Gasteiger partial charge >= 0.3 is 11.5 Å². The zero-order valence-electron chi connectivity index (χ0n) is 13.9. The molecule has 2 saturated carbocycles. The van der Waals surface area contributed by atoms with Gasteiger partial charge in [-0.1, -0.05) is 19.3 Å². The van der Waals surface area contributed by atoms with E-state index in [2.05, 4.69) is 0 Å². The van der Waals surface area contributed by atoms with Crippen LogP contribution in [0.1, 0.15) is 58.3 Å². The molecule has 0 aromatic rings. The number of nitrogens with zero attached hydrogens (tertiary/aromatic N) is 1. The summed E-state index contributed by atoms with van der Waals surface area (Å²) in [6.45, 7) is 0.939. The van der Waals surface area contributed by atoms with E-state index in [9.17, 15) is 23.2 Å². The van der Waals surface area contributed by atoms with E-state index in [1.165, 1.54) is 45.4 Å². The third-order valence-corrected chi connectivity index (χ3v) is 5.49. The zero-order valence-corrected chi connectivity index (χ0v) is 14.7. The SMILES string of the molecule is CC(CN([O-])SC(F)(F)F)OC(=O)CCC1CC2CCCC(C2)C1. The molecule has 2 rings (SSSR count). The van der Waals surface area contributed by atoms with Crippen LogP contribution >= 0.6 is 11.9 Å². The minimum Gasteiger partial charge on any atom is -0.775 e. The average molecular weight is 368 g/mol. The molecule has 0 aromatic carbocycles. The number of rotatable bonds is 7. The Morgan fingerprint density at radius 2 is 1.92 bits per heavy atom. The Balaban J connectivity index is 1.64. The molecule has 2 aliphatic carbocycles. The number of alkyl halides is 3. The molecule has 0 N–H and O–H groups in total. The van der Waals surface area contributed by atoms with Crippen molar-refractivity contribution >= 4 is 17.9 Å². The first kappa shape index (κ1) is 19.8. The van der Waals surface area contributed by atoms with Crippen LogP contribution < -0.4 is 0 Å². The molecule has 0 saturated heterocycles. The van der Waals surface area contributed by atoms with Gasteiger partial charge in [0, 0.05) is 24.9 Å². The van der Waals surface area contributed by atoms with Crippen LogP contribution in [0.15, 0.2) is 0 Å². The van der Waals surface area contributed by atoms with Crippen LogP contribution in [0.2, 0.25) is 0 Å². The molecular weight excluding hydrogens is 343 g/mol. The van der Waals surface area contributed by atoms with E-state index in [4.69, 9.17) is 4.74 Å². The van der Waals surface area contributed by atoms with Crippen molar-refractivity contribution in [2.45, 2.75) is 69.9 Å². The fraction of sp³-hybridized carbons (Fsp3) is 0.938. The Bertz CT molecular complexity index is 410. The Labute approximate surface area is 145 Å². The van der Waals surface area contributed by atoms with Crippen LogP contribution in [-0.2, 0) is 9.53 Å². The van der Waals surface area contributed by atoms with Gasteiger partial charge in [-0.15, -0.1) is 0 Å². The molecule has 0 spiro atoms. The van der Waals surface area contributed by atoms with Gasteiger partial charge in [0.15, 0.2) is 0 Å². The monoisotopic (exact) mass is 368 g/mol. The molecule has 3 atom stereocenters. The number of hydroxylamine groups is 1. The number of hydrogen-bond acceptors (Lipinski definition) is 5. The molecule has 0 radical (unpaired) electrons. The van der Waals surface area contributed by atoms with Crippen LogP contribution in [0.25, 0.3) is 0 Å². The molecule has 0 aliphatic heterocycles. The van der Waals surface area contributed by atoms with Crippen LogP contribution in [0.4, 0.5) is 13.2 Å². The lowest BCUT2D eigenvalue weighted by molar-refractivity contribution is -0.148. The highest BCUT2D eigenvalue weighted by Gasteiger charge is 2.32. The van der Waals surface area contributed by atoms with Crippen LogP contribution in [0.5, 0.6) is 0 Å². The molecule has 0 amide bonds. The van der Waals surface area contributed by atoms with Gasteiger partial charge in [0.25, 0.3) is 0 Å². The van der Waals surface area contributed by atoms with Crippen molar-refractivity contribution in [3.05, 3.63) is 5.21 Å². The maximum Gasteiger partial charge on any atom is 0.455 e. The van der Waals surface area contributed by atoms with Gasteiger partial charge in [-0.25, -0.2) is 0 Å². The van der Waals surface area contributed by atoms with Crippen molar-refractivity contribution in [2.75, 3.05) is 6.54 Å². The average Bonchev–Trinajstić information content (AvgIpc) is 2.42. The van der Waals surface area contributed by atoms with E-state index in [1.54, 1.807) is 0 Å². The summed E-state index contributed by atoms with van der Waals surface area (Å²) in [7, 11) is 0. The lowest BCUT2D eigenvalue weighted by atomic mass is 9.67. The molecule has 2 fully saturated rings. The van der Waals surface area contributed by atoms with Gasteiger partial charge in [-0.05, 0) is 50.4 Å². The predicted octanol–water partition coefficient (Wildman–Crippen LogP) is 4.88. The van der Waals surface area contributed by atoms with Crippen molar-refractivity contribution in [3.63, 3.8) is 0 Å². The fourth-order valence-corrected chi connectivity index (χ4v) is 4.63. The number of hydrogen-bond donors (Lipinski definition) is 0. The minimum absolute atomic E-state index is 0.194. The highest BCUT2D eigenvalue weighted by atomic mass is 32.2. The summed E-state index contributed by atoms with van der Waals surface area (Å²) in [5, 5.41) is 11.1. The van der Waals surface area contributed by atoms with Gasteiger partial charge in [0.1, 0.15) is 6.10 Å². The molecule has 140 valence electrons. The molecule has 24 heavy (non-hydrogen) atoms. The smallest absolute Gasteiger partial charge is 0.455 e. The maximum atomic E-state index is 12.1. The highest BCUT2D eigenvalue weighted by molar-refractivity contribution is 7.97. The summed E-state index contributed by atoms with van der Waals surface area (Å²) < 4.78 is 41.0. The van der Waals surface area contributed by atoms with Gasteiger partial charge in [0.2, 0.25) is 0 Å². The first-order valence-corrected chi connectivity index (χ1v) is 9.38. The van der Waals surface area contributed by atoms with Crippen molar-refractivity contribution in [2.24, 2.45) is 17.8 Å². The van der Waals surface area contributed by atoms with E-state index in [0.717, 1.165) is 18.3 Å². The van der Waals surface area contributed by atoms with Crippen LogP contribution in [-0.4, -0.2) is 28.6 Å². The second kappa shape index (κ2) is 8.76. The Morgan fingerprint density at radius 1 is 1.29 bits per heavy atom. The maximum absolute atomic E-state index is 12.1. The van der Waals surface area contributed by atoms with Crippen molar-refractivity contribution in [3.8, 4) is 0 Å². The van der Waals surface area contributed by atoms with Crippen LogP contribution in [0.3, 0.4) is 0 Å². The first-order chi connectivity index (χ1) is 11.2. The van der Waals surface area contributed by atoms with Gasteiger partial charge < -0.3 is 14.4 Å². The van der Waals surface area contributed by atoms with Crippen molar-refractivity contribution < 1.29 is 22.7 Å². The second-order valence-corrected chi connectivity index (χ2v) is 8.18. The number of halogens is 3. The summed E-state index contributed by atoms with van der Waals surface area (Å²) in [5.41, 5.74) is -4.62. The molecule has 3 unspecified atom stereocenters. The number of carbonyl (C=O) groups excluding carboxylic acids is 1. The predicted molar refractivity (Wildman–Crippen MR) is 86.7 cm³/mol. The second-order valence-electron chi connectivity index (χ2n) is 7.13. The third kappa shape index (κ3) is 7.19. The Kier molecular flexibility index (Phi) is 7.24. The van der Waals surface area contributed by atoms with E-state index in [0.29, 0.717) is 5.92 Å². The zero-order chi connectivity index (χ0) is 17.7. The number of ether oxygens (including phenoxy) is 1. The van der Waals surface area contributed by atoms with Crippen molar-refractivity contribution in [1.82, 2.24) is 4.47 Å². The van der Waals surface area contributed by atoms with E-state index in [-0.39, 0.29) is 10.9 Å². The van der Waals surface area contributed by atoms with E-state index < -0.39 is 36.1 Å². The number of esters is 1. The molecular formula is C16H25F3NO3S-. The van der Waals surface area contributed by atoms with Crippen LogP contribution in [0, 0.1) is 23.0 Å². The summed E-state index contributed by atoms with van der Waals surface area (Å²) in [5.74, 6) is 1.72. The summed E-state index contributed by atoms with van der Waals surface area (Å²) in [4.78, 5) is 11.8. The molecule has 4 nitrogen and oxygen atoms in total. The van der Waals surface area contributed by atoms with E-state index in [1.807, 2.05) is 0 Å². The topological polar surface area (TPSA) is 52.6 Å². The molecule has 0 heterocycles. The first-order valence-electron chi connectivity index (χ1n) is 8.61. The minimum atomic E-state index is -4.62. The highest BCUT2D eigenvalue weighted by Crippen LogP contribution is 2.43. The van der Waals surface area contributed by atoms with Gasteiger partial charge in [-0.3, -0.25) is 4.79 Å². The summed E-state index contributed by atoms with van der Waals surface area (Å²) in [6.07, 6.45) is 7.80. The standard InChI is InChI=1S/C16H25F3NO3S/c1-11(10-20(22)24-16(17,18)19)23-15(21)6-5-14-8-12-3-2-4-13(7-12)9-14/h11-14H,2-10H2,1H3/q-1. The van der Waals surface area contributed by atoms with Gasteiger partial charge in [-0.2, -0.15) is 13.2 Å². The summed E-state index contributed by atoms with van der Waals surface area (Å²) in [6, 6.07) is 0. The molecule has 8 heteroatoms. The summed E-state index contributed by atoms with van der Waals surface area (Å²) >= 11 is -0.756. The fourth-order valence-electron chi connectivity index (χ4n) is 4.11. The molecule has 0 aromatic heterocycles. The van der Waals surface area contributed by atoms with Crippen molar-refractivity contribution in [1.29, 1.82) is 0 Å². The number of fused-ring (bicyclic) bond motifs is 2. The van der Waals surface area contributed by atoms with E-state index >= 15 is 0 Å². The quantitative estimate of drug-likeness (QED) is 0.364. The third-order valence-electron chi connectivity index (χ3n) is 4.93. The van der Waals surface area contributed by atoms with Gasteiger partial charge in [0.05, 0.1) is 0 Å². The molecule has 2 aliphatic rings. The number of carbonyl (C=O) groups is 1. The normalized spacial score (nSPS) is 28.7. The Morgan fingerprint density at radius 3 is 2.50 bits per heavy atom. The lowest BCUT2D eigenvalue weighted by Gasteiger charge is -2.39. The molecule has 2 bridgehead atoms. The lowest BCUT2D eigenvalue weighted by Crippen LogP contribution is -2.29.